The first-order chi connectivity index (χ1) is 8.61. The highest BCUT2D eigenvalue weighted by molar-refractivity contribution is 9.10. The third-order valence-electron chi connectivity index (χ3n) is 2.84. The number of rotatable bonds is 3. The second-order valence-electron chi connectivity index (χ2n) is 4.02. The predicted octanol–water partition coefficient (Wildman–Crippen LogP) is 3.81. The van der Waals surface area contributed by atoms with Crippen LogP contribution in [0, 0.1) is 5.82 Å². The predicted molar refractivity (Wildman–Crippen MR) is 76.5 cm³/mol. The first-order valence-electron chi connectivity index (χ1n) is 5.59. The summed E-state index contributed by atoms with van der Waals surface area (Å²) in [6.45, 7) is 0.491. The summed E-state index contributed by atoms with van der Waals surface area (Å²) in [5.74, 6) is -0.239. The third kappa shape index (κ3) is 2.71. The van der Waals surface area contributed by atoms with E-state index in [1.165, 1.54) is 12.1 Å². The molecule has 0 saturated heterocycles. The van der Waals surface area contributed by atoms with Crippen LogP contribution < -0.4 is 10.6 Å². The van der Waals surface area contributed by atoms with Crippen LogP contribution in [0.15, 0.2) is 46.9 Å². The second kappa shape index (κ2) is 5.50. The highest BCUT2D eigenvalue weighted by Gasteiger charge is 2.07. The Morgan fingerprint density at radius 1 is 1.17 bits per heavy atom. The molecule has 94 valence electrons. The molecule has 0 atom stereocenters. The summed E-state index contributed by atoms with van der Waals surface area (Å²) >= 11 is 3.48. The quantitative estimate of drug-likeness (QED) is 0.934. The first-order valence-corrected chi connectivity index (χ1v) is 6.39. The molecule has 2 rings (SSSR count). The topological polar surface area (TPSA) is 29.3 Å². The SMILES string of the molecule is CN(c1cccc(F)c1)c1ccc(CN)c(Br)c1. The van der Waals surface area contributed by atoms with Gasteiger partial charge in [0.15, 0.2) is 0 Å². The number of halogens is 2. The Morgan fingerprint density at radius 3 is 2.50 bits per heavy atom. The lowest BCUT2D eigenvalue weighted by molar-refractivity contribution is 0.628. The molecule has 0 aliphatic rings. The van der Waals surface area contributed by atoms with Crippen molar-refractivity contribution in [3.8, 4) is 0 Å². The molecule has 0 saturated carbocycles. The van der Waals surface area contributed by atoms with E-state index in [-0.39, 0.29) is 5.82 Å². The molecule has 0 fully saturated rings. The smallest absolute Gasteiger partial charge is 0.125 e. The van der Waals surface area contributed by atoms with Crippen molar-refractivity contribution in [2.24, 2.45) is 5.73 Å². The van der Waals surface area contributed by atoms with Gasteiger partial charge in [0, 0.05) is 29.4 Å². The van der Waals surface area contributed by atoms with Crippen LogP contribution in [0.3, 0.4) is 0 Å². The van der Waals surface area contributed by atoms with E-state index in [4.69, 9.17) is 5.73 Å². The van der Waals surface area contributed by atoms with Gasteiger partial charge in [-0.25, -0.2) is 4.39 Å². The summed E-state index contributed by atoms with van der Waals surface area (Å²) in [6.07, 6.45) is 0. The van der Waals surface area contributed by atoms with E-state index in [0.717, 1.165) is 21.4 Å². The maximum atomic E-state index is 13.2. The molecule has 0 bridgehead atoms. The Balaban J connectivity index is 2.34. The molecule has 4 heteroatoms. The fraction of sp³-hybridized carbons (Fsp3) is 0.143. The summed E-state index contributed by atoms with van der Waals surface area (Å²) in [7, 11) is 1.90. The summed E-state index contributed by atoms with van der Waals surface area (Å²) in [4.78, 5) is 1.92. The van der Waals surface area contributed by atoms with Crippen LogP contribution in [-0.4, -0.2) is 7.05 Å². The van der Waals surface area contributed by atoms with Crippen molar-refractivity contribution in [2.45, 2.75) is 6.54 Å². The molecule has 0 aliphatic carbocycles. The monoisotopic (exact) mass is 308 g/mol. The zero-order chi connectivity index (χ0) is 13.1. The summed E-state index contributed by atoms with van der Waals surface area (Å²) in [6, 6.07) is 12.4. The van der Waals surface area contributed by atoms with E-state index >= 15 is 0 Å². The molecule has 0 aromatic heterocycles. The van der Waals surface area contributed by atoms with Crippen molar-refractivity contribution in [1.29, 1.82) is 0 Å². The van der Waals surface area contributed by atoms with E-state index in [0.29, 0.717) is 6.54 Å². The number of nitrogens with two attached hydrogens (primary N) is 1. The van der Waals surface area contributed by atoms with E-state index in [9.17, 15) is 4.39 Å². The summed E-state index contributed by atoms with van der Waals surface area (Å²) in [5, 5.41) is 0. The van der Waals surface area contributed by atoms with Crippen LogP contribution in [-0.2, 0) is 6.54 Å². The van der Waals surface area contributed by atoms with Gasteiger partial charge < -0.3 is 10.6 Å². The van der Waals surface area contributed by atoms with Gasteiger partial charge in [-0.2, -0.15) is 0 Å². The number of anilines is 2. The van der Waals surface area contributed by atoms with Crippen molar-refractivity contribution in [3.05, 3.63) is 58.3 Å². The molecule has 0 amide bonds. The first kappa shape index (κ1) is 13.1. The van der Waals surface area contributed by atoms with Gasteiger partial charge >= 0.3 is 0 Å². The maximum Gasteiger partial charge on any atom is 0.125 e. The zero-order valence-corrected chi connectivity index (χ0v) is 11.6. The van der Waals surface area contributed by atoms with Gasteiger partial charge in [0.25, 0.3) is 0 Å². The summed E-state index contributed by atoms with van der Waals surface area (Å²) in [5.41, 5.74) is 8.45. The summed E-state index contributed by atoms with van der Waals surface area (Å²) < 4.78 is 14.2. The molecule has 0 spiro atoms. The Kier molecular flexibility index (Phi) is 3.99. The molecule has 2 N–H and O–H groups in total. The van der Waals surface area contributed by atoms with E-state index in [1.54, 1.807) is 6.07 Å². The Labute approximate surface area is 114 Å². The molecular formula is C14H14BrFN2. The van der Waals surface area contributed by atoms with Crippen LogP contribution in [0.4, 0.5) is 15.8 Å². The lowest BCUT2D eigenvalue weighted by Gasteiger charge is -2.20. The van der Waals surface area contributed by atoms with Crippen molar-refractivity contribution in [2.75, 3.05) is 11.9 Å². The van der Waals surface area contributed by atoms with Crippen LogP contribution in [0.2, 0.25) is 0 Å². The number of nitrogens with zero attached hydrogens (tertiary/aromatic N) is 1. The largest absolute Gasteiger partial charge is 0.345 e. The zero-order valence-electron chi connectivity index (χ0n) is 10.0. The highest BCUT2D eigenvalue weighted by atomic mass is 79.9. The van der Waals surface area contributed by atoms with E-state index < -0.39 is 0 Å². The lowest BCUT2D eigenvalue weighted by atomic mass is 10.2. The molecule has 2 aromatic rings. The lowest BCUT2D eigenvalue weighted by Crippen LogP contribution is -2.10. The van der Waals surface area contributed by atoms with Gasteiger partial charge in [-0.05, 0) is 35.9 Å². The van der Waals surface area contributed by atoms with Gasteiger partial charge in [-0.15, -0.1) is 0 Å². The number of benzene rings is 2. The number of hydrogen-bond donors (Lipinski definition) is 1. The molecule has 2 nitrogen and oxygen atoms in total. The average molecular weight is 309 g/mol. The normalized spacial score (nSPS) is 10.4. The van der Waals surface area contributed by atoms with E-state index in [2.05, 4.69) is 15.9 Å². The third-order valence-corrected chi connectivity index (χ3v) is 3.58. The van der Waals surface area contributed by atoms with E-state index in [1.807, 2.05) is 36.2 Å². The maximum absolute atomic E-state index is 13.2. The van der Waals surface area contributed by atoms with Crippen molar-refractivity contribution >= 4 is 27.3 Å². The Bertz CT molecular complexity index is 557. The Hall–Kier alpha value is -1.39. The molecular weight excluding hydrogens is 295 g/mol. The van der Waals surface area contributed by atoms with Crippen LogP contribution in [0.1, 0.15) is 5.56 Å². The highest BCUT2D eigenvalue weighted by Crippen LogP contribution is 2.28. The van der Waals surface area contributed by atoms with Gasteiger partial charge in [0.1, 0.15) is 5.82 Å². The average Bonchev–Trinajstić information content (AvgIpc) is 2.37. The molecule has 0 radical (unpaired) electrons. The fourth-order valence-corrected chi connectivity index (χ4v) is 2.27. The minimum atomic E-state index is -0.239. The van der Waals surface area contributed by atoms with Gasteiger partial charge in [0.05, 0.1) is 0 Å². The van der Waals surface area contributed by atoms with Gasteiger partial charge in [-0.3, -0.25) is 0 Å². The minimum absolute atomic E-state index is 0.239. The van der Waals surface area contributed by atoms with Gasteiger partial charge in [-0.1, -0.05) is 28.1 Å². The van der Waals surface area contributed by atoms with Crippen molar-refractivity contribution in [1.82, 2.24) is 0 Å². The molecule has 0 unspecified atom stereocenters. The van der Waals surface area contributed by atoms with Crippen molar-refractivity contribution in [3.63, 3.8) is 0 Å². The fourth-order valence-electron chi connectivity index (χ4n) is 1.74. The molecule has 0 heterocycles. The van der Waals surface area contributed by atoms with Crippen LogP contribution in [0.25, 0.3) is 0 Å². The van der Waals surface area contributed by atoms with Crippen LogP contribution >= 0.6 is 15.9 Å². The number of hydrogen-bond acceptors (Lipinski definition) is 2. The second-order valence-corrected chi connectivity index (χ2v) is 4.87. The molecule has 18 heavy (non-hydrogen) atoms. The van der Waals surface area contributed by atoms with Crippen molar-refractivity contribution < 1.29 is 4.39 Å². The Morgan fingerprint density at radius 2 is 1.89 bits per heavy atom. The molecule has 0 aliphatic heterocycles. The molecule has 2 aromatic carbocycles. The minimum Gasteiger partial charge on any atom is -0.345 e. The van der Waals surface area contributed by atoms with Gasteiger partial charge in [0.2, 0.25) is 0 Å². The van der Waals surface area contributed by atoms with Crippen LogP contribution in [0.5, 0.6) is 0 Å². The standard InChI is InChI=1S/C14H14BrFN2/c1-18(12-4-2-3-11(16)7-12)13-6-5-10(9-17)14(15)8-13/h2-8H,9,17H2,1H3.